The summed E-state index contributed by atoms with van der Waals surface area (Å²) in [6, 6.07) is 15.9. The Bertz CT molecular complexity index is 705. The van der Waals surface area contributed by atoms with Crippen LogP contribution in [-0.4, -0.2) is 49.1 Å². The Hall–Kier alpha value is -2.40. The molecule has 1 aromatic heterocycles. The molecule has 1 aliphatic heterocycles. The molecule has 5 heteroatoms. The summed E-state index contributed by atoms with van der Waals surface area (Å²) in [5, 5.41) is 2.98. The maximum absolute atomic E-state index is 12.9. The molecule has 25 heavy (non-hydrogen) atoms. The van der Waals surface area contributed by atoms with Crippen LogP contribution >= 0.6 is 0 Å². The van der Waals surface area contributed by atoms with Crippen LogP contribution in [0.5, 0.6) is 0 Å². The predicted octanol–water partition coefficient (Wildman–Crippen LogP) is 2.84. The molecule has 1 amide bonds. The minimum Gasteiger partial charge on any atom is -0.381 e. The number of nitrogens with one attached hydrogen (secondary N) is 1. The van der Waals surface area contributed by atoms with Gasteiger partial charge in [0.2, 0.25) is 0 Å². The van der Waals surface area contributed by atoms with Crippen LogP contribution in [-0.2, 0) is 11.2 Å². The summed E-state index contributed by atoms with van der Waals surface area (Å²) in [7, 11) is 3.56. The van der Waals surface area contributed by atoms with Gasteiger partial charge in [0.15, 0.2) is 0 Å². The third-order valence-corrected chi connectivity index (χ3v) is 4.82. The van der Waals surface area contributed by atoms with E-state index in [2.05, 4.69) is 34.6 Å². The number of amides is 1. The van der Waals surface area contributed by atoms with Crippen molar-refractivity contribution in [3.8, 4) is 0 Å². The number of likely N-dealkylation sites (tertiary alicyclic amines) is 1. The van der Waals surface area contributed by atoms with Gasteiger partial charge in [-0.2, -0.15) is 0 Å². The molecule has 5 nitrogen and oxygen atoms in total. The highest BCUT2D eigenvalue weighted by Gasteiger charge is 2.32. The number of hydrogen-bond donors (Lipinski definition) is 1. The number of ether oxygens (including phenoxy) is 1. The Labute approximate surface area is 149 Å². The van der Waals surface area contributed by atoms with Gasteiger partial charge in [0.25, 0.3) is 5.91 Å². The lowest BCUT2D eigenvalue weighted by Gasteiger charge is -2.38. The highest BCUT2D eigenvalue weighted by atomic mass is 16.5. The van der Waals surface area contributed by atoms with Crippen LogP contribution in [0.1, 0.15) is 22.5 Å². The quantitative estimate of drug-likeness (QED) is 0.910. The van der Waals surface area contributed by atoms with Gasteiger partial charge in [-0.3, -0.25) is 4.79 Å². The lowest BCUT2D eigenvalue weighted by molar-refractivity contribution is -0.00316. The Morgan fingerprint density at radius 3 is 2.76 bits per heavy atom. The SMILES string of the molecule is CNc1cccc(C(=O)N2CC[C@H](OC)[C@H](Cc3ccccc3)C2)n1. The van der Waals surface area contributed by atoms with Crippen molar-refractivity contribution in [1.29, 1.82) is 0 Å². The van der Waals surface area contributed by atoms with E-state index < -0.39 is 0 Å². The molecule has 2 heterocycles. The van der Waals surface area contributed by atoms with E-state index in [0.29, 0.717) is 24.6 Å². The second-order valence-corrected chi connectivity index (χ2v) is 6.42. The van der Waals surface area contributed by atoms with Gasteiger partial charge in [-0.25, -0.2) is 4.98 Å². The van der Waals surface area contributed by atoms with Crippen LogP contribution in [0.3, 0.4) is 0 Å². The number of anilines is 1. The van der Waals surface area contributed by atoms with E-state index in [-0.39, 0.29) is 17.9 Å². The van der Waals surface area contributed by atoms with E-state index in [1.54, 1.807) is 20.2 Å². The maximum Gasteiger partial charge on any atom is 0.272 e. The second-order valence-electron chi connectivity index (χ2n) is 6.42. The number of methoxy groups -OCH3 is 1. The summed E-state index contributed by atoms with van der Waals surface area (Å²) in [5.74, 6) is 0.987. The zero-order valence-corrected chi connectivity index (χ0v) is 14.8. The predicted molar refractivity (Wildman–Crippen MR) is 98.7 cm³/mol. The van der Waals surface area contributed by atoms with Gasteiger partial charge in [0.05, 0.1) is 6.10 Å². The molecule has 1 aromatic carbocycles. The zero-order chi connectivity index (χ0) is 17.6. The van der Waals surface area contributed by atoms with E-state index in [9.17, 15) is 4.79 Å². The number of benzene rings is 1. The number of nitrogens with zero attached hydrogens (tertiary/aromatic N) is 2. The van der Waals surface area contributed by atoms with Gasteiger partial charge in [0, 0.05) is 33.2 Å². The Morgan fingerprint density at radius 1 is 1.24 bits per heavy atom. The zero-order valence-electron chi connectivity index (χ0n) is 14.8. The molecule has 0 unspecified atom stereocenters. The third kappa shape index (κ3) is 4.17. The standard InChI is InChI=1S/C20H25N3O2/c1-21-19-10-6-9-17(22-19)20(24)23-12-11-18(25-2)16(14-23)13-15-7-4-3-5-8-15/h3-10,16,18H,11-14H2,1-2H3,(H,21,22)/t16-,18+/m1/s1. The monoisotopic (exact) mass is 339 g/mol. The lowest BCUT2D eigenvalue weighted by atomic mass is 9.88. The number of piperidine rings is 1. The van der Waals surface area contributed by atoms with Crippen LogP contribution < -0.4 is 5.32 Å². The van der Waals surface area contributed by atoms with Crippen molar-refractivity contribution in [2.45, 2.75) is 18.9 Å². The van der Waals surface area contributed by atoms with Crippen molar-refractivity contribution in [1.82, 2.24) is 9.88 Å². The Morgan fingerprint density at radius 2 is 2.04 bits per heavy atom. The topological polar surface area (TPSA) is 54.5 Å². The normalized spacial score (nSPS) is 20.3. The van der Waals surface area contributed by atoms with Gasteiger partial charge < -0.3 is 15.0 Å². The molecular weight excluding hydrogens is 314 g/mol. The number of pyridine rings is 1. The van der Waals surface area contributed by atoms with Crippen molar-refractivity contribution in [3.63, 3.8) is 0 Å². The molecule has 1 saturated heterocycles. The average Bonchev–Trinajstić information content (AvgIpc) is 2.68. The molecule has 1 N–H and O–H groups in total. The molecule has 2 aromatic rings. The van der Waals surface area contributed by atoms with Gasteiger partial charge in [-0.05, 0) is 30.5 Å². The molecule has 0 aliphatic carbocycles. The summed E-state index contributed by atoms with van der Waals surface area (Å²) >= 11 is 0. The van der Waals surface area contributed by atoms with Gasteiger partial charge in [0.1, 0.15) is 11.5 Å². The first-order valence-electron chi connectivity index (χ1n) is 8.72. The van der Waals surface area contributed by atoms with Crippen molar-refractivity contribution < 1.29 is 9.53 Å². The molecule has 132 valence electrons. The minimum absolute atomic E-state index is 0.00952. The van der Waals surface area contributed by atoms with Crippen molar-refractivity contribution in [2.75, 3.05) is 32.6 Å². The van der Waals surface area contributed by atoms with Crippen LogP contribution in [0.4, 0.5) is 5.82 Å². The number of hydrogen-bond acceptors (Lipinski definition) is 4. The molecule has 0 saturated carbocycles. The first-order valence-corrected chi connectivity index (χ1v) is 8.72. The Kier molecular flexibility index (Phi) is 5.66. The minimum atomic E-state index is -0.00952. The van der Waals surface area contributed by atoms with Gasteiger partial charge in [-0.15, -0.1) is 0 Å². The van der Waals surface area contributed by atoms with E-state index in [4.69, 9.17) is 4.74 Å². The fraction of sp³-hybridized carbons (Fsp3) is 0.400. The van der Waals surface area contributed by atoms with Crippen molar-refractivity contribution >= 4 is 11.7 Å². The van der Waals surface area contributed by atoms with Crippen LogP contribution in [0.15, 0.2) is 48.5 Å². The smallest absolute Gasteiger partial charge is 0.272 e. The van der Waals surface area contributed by atoms with E-state index in [0.717, 1.165) is 12.8 Å². The van der Waals surface area contributed by atoms with Crippen LogP contribution in [0, 0.1) is 5.92 Å². The third-order valence-electron chi connectivity index (χ3n) is 4.82. The molecule has 0 spiro atoms. The first kappa shape index (κ1) is 17.4. The maximum atomic E-state index is 12.9. The van der Waals surface area contributed by atoms with E-state index in [1.165, 1.54) is 5.56 Å². The number of aromatic nitrogens is 1. The van der Waals surface area contributed by atoms with Crippen LogP contribution in [0.2, 0.25) is 0 Å². The van der Waals surface area contributed by atoms with Gasteiger partial charge >= 0.3 is 0 Å². The fourth-order valence-corrected chi connectivity index (χ4v) is 3.47. The number of carbonyl (C=O) groups is 1. The molecule has 1 fully saturated rings. The largest absolute Gasteiger partial charge is 0.381 e. The highest BCUT2D eigenvalue weighted by molar-refractivity contribution is 5.92. The lowest BCUT2D eigenvalue weighted by Crippen LogP contribution is -2.47. The highest BCUT2D eigenvalue weighted by Crippen LogP contribution is 2.25. The summed E-state index contributed by atoms with van der Waals surface area (Å²) in [6.07, 6.45) is 1.94. The average molecular weight is 339 g/mol. The fourth-order valence-electron chi connectivity index (χ4n) is 3.47. The first-order chi connectivity index (χ1) is 12.2. The van der Waals surface area contributed by atoms with Crippen molar-refractivity contribution in [2.24, 2.45) is 5.92 Å². The molecule has 2 atom stereocenters. The molecule has 0 radical (unpaired) electrons. The summed E-state index contributed by atoms with van der Waals surface area (Å²) < 4.78 is 5.68. The number of carbonyl (C=O) groups excluding carboxylic acids is 1. The summed E-state index contributed by atoms with van der Waals surface area (Å²) in [6.45, 7) is 1.39. The Balaban J connectivity index is 1.73. The van der Waals surface area contributed by atoms with Crippen LogP contribution in [0.25, 0.3) is 0 Å². The molecule has 3 rings (SSSR count). The number of rotatable bonds is 5. The van der Waals surface area contributed by atoms with Gasteiger partial charge in [-0.1, -0.05) is 36.4 Å². The van der Waals surface area contributed by atoms with Crippen molar-refractivity contribution in [3.05, 3.63) is 59.8 Å². The molecule has 1 aliphatic rings. The summed E-state index contributed by atoms with van der Waals surface area (Å²) in [5.41, 5.74) is 1.76. The molecular formula is C20H25N3O2. The van der Waals surface area contributed by atoms with E-state index in [1.807, 2.05) is 23.1 Å². The molecule has 0 bridgehead atoms. The van der Waals surface area contributed by atoms with E-state index >= 15 is 0 Å². The summed E-state index contributed by atoms with van der Waals surface area (Å²) in [4.78, 5) is 19.1. The second kappa shape index (κ2) is 8.12.